The molecule has 0 heterocycles. The SMILES string of the molecule is CC(C)(N)C(C)(C)C(=O)Nc1cc(Br)cc(C(F)(F)F)c1. The third kappa shape index (κ3) is 4.20. The highest BCUT2D eigenvalue weighted by Gasteiger charge is 2.40. The molecule has 21 heavy (non-hydrogen) atoms. The summed E-state index contributed by atoms with van der Waals surface area (Å²) in [4.78, 5) is 12.3. The Balaban J connectivity index is 3.10. The van der Waals surface area contributed by atoms with E-state index in [4.69, 9.17) is 5.73 Å². The van der Waals surface area contributed by atoms with Crippen LogP contribution in [0.15, 0.2) is 22.7 Å². The summed E-state index contributed by atoms with van der Waals surface area (Å²) in [5.41, 5.74) is 3.41. The second-order valence-electron chi connectivity index (χ2n) is 6.03. The average Bonchev–Trinajstić information content (AvgIpc) is 2.25. The van der Waals surface area contributed by atoms with Crippen LogP contribution in [0.4, 0.5) is 18.9 Å². The van der Waals surface area contributed by atoms with E-state index >= 15 is 0 Å². The number of halogens is 4. The molecule has 1 aromatic rings. The molecule has 0 saturated carbocycles. The first-order valence-electron chi connectivity index (χ1n) is 6.23. The fourth-order valence-corrected chi connectivity index (χ4v) is 1.90. The number of alkyl halides is 3. The van der Waals surface area contributed by atoms with Crippen molar-refractivity contribution < 1.29 is 18.0 Å². The number of carbonyl (C=O) groups is 1. The van der Waals surface area contributed by atoms with Gasteiger partial charge in [0.25, 0.3) is 0 Å². The fraction of sp³-hybridized carbons (Fsp3) is 0.500. The molecule has 0 saturated heterocycles. The van der Waals surface area contributed by atoms with Gasteiger partial charge in [-0.1, -0.05) is 15.9 Å². The molecule has 1 aromatic carbocycles. The van der Waals surface area contributed by atoms with Crippen LogP contribution in [-0.2, 0) is 11.0 Å². The summed E-state index contributed by atoms with van der Waals surface area (Å²) in [5.74, 6) is -0.443. The van der Waals surface area contributed by atoms with Crippen molar-refractivity contribution in [3.63, 3.8) is 0 Å². The Bertz CT molecular complexity index is 548. The Morgan fingerprint density at radius 3 is 2.10 bits per heavy atom. The number of nitrogens with two attached hydrogens (primary N) is 1. The lowest BCUT2D eigenvalue weighted by atomic mass is 9.74. The van der Waals surface area contributed by atoms with Gasteiger partial charge in [0, 0.05) is 15.7 Å². The van der Waals surface area contributed by atoms with E-state index in [0.29, 0.717) is 0 Å². The monoisotopic (exact) mass is 366 g/mol. The highest BCUT2D eigenvalue weighted by Crippen LogP contribution is 2.35. The van der Waals surface area contributed by atoms with Crippen LogP contribution in [0.2, 0.25) is 0 Å². The molecule has 0 aliphatic rings. The molecular weight excluding hydrogens is 349 g/mol. The van der Waals surface area contributed by atoms with Crippen molar-refractivity contribution in [2.75, 3.05) is 5.32 Å². The third-order valence-electron chi connectivity index (χ3n) is 3.66. The molecule has 7 heteroatoms. The van der Waals surface area contributed by atoms with Gasteiger partial charge in [-0.05, 0) is 45.9 Å². The second-order valence-corrected chi connectivity index (χ2v) is 6.94. The number of hydrogen-bond acceptors (Lipinski definition) is 2. The molecular formula is C14H18BrF3N2O. The standard InChI is InChI=1S/C14H18BrF3N2O/c1-12(2,13(3,4)19)11(21)20-10-6-8(14(16,17)18)5-9(15)7-10/h5-7H,19H2,1-4H3,(H,20,21). The summed E-state index contributed by atoms with van der Waals surface area (Å²) in [6.07, 6.45) is -4.48. The number of hydrogen-bond donors (Lipinski definition) is 2. The quantitative estimate of drug-likeness (QED) is 0.843. The summed E-state index contributed by atoms with van der Waals surface area (Å²) in [6, 6.07) is 3.25. The van der Waals surface area contributed by atoms with Gasteiger partial charge in [0.05, 0.1) is 11.0 Å². The van der Waals surface area contributed by atoms with Gasteiger partial charge in [0.1, 0.15) is 0 Å². The van der Waals surface area contributed by atoms with E-state index in [-0.39, 0.29) is 10.2 Å². The molecule has 0 spiro atoms. The van der Waals surface area contributed by atoms with Gasteiger partial charge in [-0.25, -0.2) is 0 Å². The molecule has 3 nitrogen and oxygen atoms in total. The molecule has 0 fully saturated rings. The first-order chi connectivity index (χ1) is 9.25. The van der Waals surface area contributed by atoms with E-state index < -0.39 is 28.6 Å². The number of anilines is 1. The van der Waals surface area contributed by atoms with Gasteiger partial charge >= 0.3 is 6.18 Å². The zero-order valence-electron chi connectivity index (χ0n) is 12.2. The normalized spacial score (nSPS) is 13.2. The number of benzene rings is 1. The second kappa shape index (κ2) is 5.61. The highest BCUT2D eigenvalue weighted by atomic mass is 79.9. The van der Waals surface area contributed by atoms with Crippen LogP contribution in [0.1, 0.15) is 33.3 Å². The number of nitrogens with one attached hydrogen (secondary N) is 1. The van der Waals surface area contributed by atoms with Gasteiger partial charge < -0.3 is 11.1 Å². The fourth-order valence-electron chi connectivity index (χ4n) is 1.41. The maximum Gasteiger partial charge on any atom is 0.416 e. The van der Waals surface area contributed by atoms with Crippen LogP contribution >= 0.6 is 15.9 Å². The topological polar surface area (TPSA) is 55.1 Å². The predicted octanol–water partition coefficient (Wildman–Crippen LogP) is 4.17. The average molecular weight is 367 g/mol. The van der Waals surface area contributed by atoms with Gasteiger partial charge in [-0.15, -0.1) is 0 Å². The largest absolute Gasteiger partial charge is 0.416 e. The first kappa shape index (κ1) is 18.0. The summed E-state index contributed by atoms with van der Waals surface area (Å²) in [7, 11) is 0. The zero-order valence-corrected chi connectivity index (χ0v) is 13.8. The summed E-state index contributed by atoms with van der Waals surface area (Å²) >= 11 is 3.01. The maximum atomic E-state index is 12.8. The van der Waals surface area contributed by atoms with Crippen molar-refractivity contribution in [3.8, 4) is 0 Å². The third-order valence-corrected chi connectivity index (χ3v) is 4.12. The van der Waals surface area contributed by atoms with Gasteiger partial charge in [0.15, 0.2) is 0 Å². The van der Waals surface area contributed by atoms with Crippen molar-refractivity contribution in [3.05, 3.63) is 28.2 Å². The molecule has 1 rings (SSSR count). The predicted molar refractivity (Wildman–Crippen MR) is 79.8 cm³/mol. The van der Waals surface area contributed by atoms with Crippen LogP contribution in [0, 0.1) is 5.41 Å². The zero-order chi connectivity index (χ0) is 16.6. The molecule has 3 N–H and O–H groups in total. The summed E-state index contributed by atoms with van der Waals surface area (Å²) in [6.45, 7) is 6.67. The smallest absolute Gasteiger partial charge is 0.326 e. The Morgan fingerprint density at radius 1 is 1.14 bits per heavy atom. The first-order valence-corrected chi connectivity index (χ1v) is 7.02. The molecule has 0 bridgehead atoms. The molecule has 0 atom stereocenters. The summed E-state index contributed by atoms with van der Waals surface area (Å²) in [5, 5.41) is 2.49. The molecule has 0 aromatic heterocycles. The van der Waals surface area contributed by atoms with E-state index in [9.17, 15) is 18.0 Å². The Hall–Kier alpha value is -1.08. The van der Waals surface area contributed by atoms with Crippen LogP contribution in [0.5, 0.6) is 0 Å². The molecule has 0 aliphatic carbocycles. The molecule has 0 aliphatic heterocycles. The van der Waals surface area contributed by atoms with E-state index in [0.717, 1.165) is 12.1 Å². The van der Waals surface area contributed by atoms with Crippen LogP contribution in [0.3, 0.4) is 0 Å². The van der Waals surface area contributed by atoms with E-state index in [1.54, 1.807) is 27.7 Å². The highest BCUT2D eigenvalue weighted by molar-refractivity contribution is 9.10. The minimum Gasteiger partial charge on any atom is -0.326 e. The van der Waals surface area contributed by atoms with E-state index in [2.05, 4.69) is 21.2 Å². The number of rotatable bonds is 3. The Kier molecular flexibility index (Phi) is 4.80. The van der Waals surface area contributed by atoms with Crippen molar-refractivity contribution in [2.45, 2.75) is 39.4 Å². The molecule has 118 valence electrons. The minimum absolute atomic E-state index is 0.0685. The van der Waals surface area contributed by atoms with E-state index in [1.165, 1.54) is 6.07 Å². The molecule has 0 unspecified atom stereocenters. The van der Waals surface area contributed by atoms with Crippen LogP contribution in [-0.4, -0.2) is 11.4 Å². The van der Waals surface area contributed by atoms with Crippen LogP contribution in [0.25, 0.3) is 0 Å². The van der Waals surface area contributed by atoms with Crippen LogP contribution < -0.4 is 11.1 Å². The Labute approximate surface area is 130 Å². The minimum atomic E-state index is -4.48. The molecule has 1 amide bonds. The summed E-state index contributed by atoms with van der Waals surface area (Å²) < 4.78 is 38.5. The van der Waals surface area contributed by atoms with Crippen molar-refractivity contribution in [1.82, 2.24) is 0 Å². The number of amides is 1. The van der Waals surface area contributed by atoms with Gasteiger partial charge in [-0.3, -0.25) is 4.79 Å². The number of carbonyl (C=O) groups excluding carboxylic acids is 1. The lowest BCUT2D eigenvalue weighted by Gasteiger charge is -2.36. The van der Waals surface area contributed by atoms with Gasteiger partial charge in [-0.2, -0.15) is 13.2 Å². The Morgan fingerprint density at radius 2 is 1.67 bits per heavy atom. The van der Waals surface area contributed by atoms with Crippen molar-refractivity contribution in [1.29, 1.82) is 0 Å². The maximum absolute atomic E-state index is 12.8. The lowest BCUT2D eigenvalue weighted by Crippen LogP contribution is -2.53. The van der Waals surface area contributed by atoms with E-state index in [1.807, 2.05) is 0 Å². The molecule has 0 radical (unpaired) electrons. The van der Waals surface area contributed by atoms with Crippen molar-refractivity contribution in [2.24, 2.45) is 11.1 Å². The lowest BCUT2D eigenvalue weighted by molar-refractivity contribution is -0.137. The van der Waals surface area contributed by atoms with Gasteiger partial charge in [0.2, 0.25) is 5.91 Å². The van der Waals surface area contributed by atoms with Crippen molar-refractivity contribution >= 4 is 27.5 Å².